The van der Waals surface area contributed by atoms with E-state index in [-0.39, 0.29) is 11.9 Å². The second-order valence-corrected chi connectivity index (χ2v) is 6.92. The number of ether oxygens (including phenoxy) is 1. The molecule has 1 aromatic heterocycles. The second kappa shape index (κ2) is 6.89. The van der Waals surface area contributed by atoms with Crippen molar-refractivity contribution in [3.63, 3.8) is 0 Å². The van der Waals surface area contributed by atoms with Crippen LogP contribution in [-0.2, 0) is 6.54 Å². The van der Waals surface area contributed by atoms with Crippen LogP contribution in [0.5, 0.6) is 5.75 Å². The van der Waals surface area contributed by atoms with Gasteiger partial charge in [0.25, 0.3) is 0 Å². The first-order valence-corrected chi connectivity index (χ1v) is 8.00. The average molecular weight is 379 g/mol. The van der Waals surface area contributed by atoms with E-state index in [0.29, 0.717) is 12.3 Å². The Morgan fingerprint density at radius 1 is 1.45 bits per heavy atom. The predicted molar refractivity (Wildman–Crippen MR) is 85.2 cm³/mol. The molecule has 1 N–H and O–H groups in total. The van der Waals surface area contributed by atoms with Gasteiger partial charge >= 0.3 is 0 Å². The van der Waals surface area contributed by atoms with Crippen molar-refractivity contribution in [3.8, 4) is 5.75 Å². The molecule has 1 atom stereocenters. The van der Waals surface area contributed by atoms with E-state index in [1.54, 1.807) is 13.2 Å². The molecule has 0 radical (unpaired) electrons. The number of methoxy groups -OCH3 is 1. The zero-order valence-corrected chi connectivity index (χ0v) is 14.2. The average Bonchev–Trinajstić information content (AvgIpc) is 2.75. The maximum Gasteiger partial charge on any atom is 0.123 e. The van der Waals surface area contributed by atoms with Gasteiger partial charge in [0.15, 0.2) is 0 Å². The minimum Gasteiger partial charge on any atom is -0.496 e. The molecule has 1 unspecified atom stereocenters. The molecule has 0 aliphatic carbocycles. The van der Waals surface area contributed by atoms with Crippen LogP contribution in [0.1, 0.15) is 23.4 Å². The van der Waals surface area contributed by atoms with Crippen molar-refractivity contribution >= 4 is 38.9 Å². The van der Waals surface area contributed by atoms with Crippen LogP contribution in [0.25, 0.3) is 0 Å². The van der Waals surface area contributed by atoms with Crippen molar-refractivity contribution < 1.29 is 9.13 Å². The van der Waals surface area contributed by atoms with Gasteiger partial charge in [-0.3, -0.25) is 0 Å². The molecule has 0 amide bonds. The number of halogens is 3. The zero-order chi connectivity index (χ0) is 14.7. The molecule has 0 aliphatic rings. The molecule has 0 fully saturated rings. The third kappa shape index (κ3) is 3.73. The van der Waals surface area contributed by atoms with Gasteiger partial charge in [-0.25, -0.2) is 4.39 Å². The lowest BCUT2D eigenvalue weighted by molar-refractivity contribution is 0.400. The van der Waals surface area contributed by atoms with Gasteiger partial charge < -0.3 is 10.1 Å². The van der Waals surface area contributed by atoms with E-state index >= 15 is 0 Å². The number of hydrogen-bond acceptors (Lipinski definition) is 3. The predicted octanol–water partition coefficient (Wildman–Crippen LogP) is 5.16. The van der Waals surface area contributed by atoms with Crippen LogP contribution < -0.4 is 10.1 Å². The number of thiophene rings is 1. The highest BCUT2D eigenvalue weighted by Crippen LogP contribution is 2.32. The van der Waals surface area contributed by atoms with Gasteiger partial charge in [0, 0.05) is 27.5 Å². The standard InChI is InChI=1S/C14H14BrClFNOS/c1-8(11-5-9(17)3-4-13(11)19-2)18-7-10-6-12(15)14(16)20-10/h3-6,8,18H,7H2,1-2H3. The third-order valence-electron chi connectivity index (χ3n) is 2.94. The number of benzene rings is 1. The molecule has 1 heterocycles. The van der Waals surface area contributed by atoms with Crippen molar-refractivity contribution in [2.75, 3.05) is 7.11 Å². The summed E-state index contributed by atoms with van der Waals surface area (Å²) in [4.78, 5) is 1.11. The smallest absolute Gasteiger partial charge is 0.123 e. The molecule has 0 bridgehead atoms. The Bertz CT molecular complexity index is 585. The Morgan fingerprint density at radius 3 is 2.80 bits per heavy atom. The van der Waals surface area contributed by atoms with Crippen LogP contribution in [-0.4, -0.2) is 7.11 Å². The zero-order valence-electron chi connectivity index (χ0n) is 11.0. The van der Waals surface area contributed by atoms with E-state index in [1.807, 2.05) is 13.0 Å². The van der Waals surface area contributed by atoms with Crippen LogP contribution in [0.3, 0.4) is 0 Å². The Morgan fingerprint density at radius 2 is 2.20 bits per heavy atom. The summed E-state index contributed by atoms with van der Waals surface area (Å²) in [6, 6.07) is 6.48. The summed E-state index contributed by atoms with van der Waals surface area (Å²) in [6.45, 7) is 2.64. The maximum atomic E-state index is 13.4. The van der Waals surface area contributed by atoms with Crippen LogP contribution in [0.2, 0.25) is 4.34 Å². The van der Waals surface area contributed by atoms with Crippen molar-refractivity contribution in [2.45, 2.75) is 19.5 Å². The molecule has 2 nitrogen and oxygen atoms in total. The molecule has 0 saturated carbocycles. The first-order chi connectivity index (χ1) is 9.51. The lowest BCUT2D eigenvalue weighted by Crippen LogP contribution is -2.18. The number of rotatable bonds is 5. The van der Waals surface area contributed by atoms with Crippen molar-refractivity contribution in [1.29, 1.82) is 0 Å². The van der Waals surface area contributed by atoms with Crippen molar-refractivity contribution in [2.24, 2.45) is 0 Å². The highest BCUT2D eigenvalue weighted by Gasteiger charge is 2.13. The molecule has 0 aliphatic heterocycles. The van der Waals surface area contributed by atoms with Crippen LogP contribution in [0.4, 0.5) is 4.39 Å². The van der Waals surface area contributed by atoms with Crippen LogP contribution in [0.15, 0.2) is 28.7 Å². The van der Waals surface area contributed by atoms with E-state index < -0.39 is 0 Å². The Kier molecular flexibility index (Phi) is 5.43. The fourth-order valence-electron chi connectivity index (χ4n) is 1.89. The number of hydrogen-bond donors (Lipinski definition) is 1. The highest BCUT2D eigenvalue weighted by molar-refractivity contribution is 9.10. The third-order valence-corrected chi connectivity index (χ3v) is 5.41. The van der Waals surface area contributed by atoms with E-state index in [1.165, 1.54) is 23.5 Å². The van der Waals surface area contributed by atoms with Crippen LogP contribution in [0, 0.1) is 5.82 Å². The first kappa shape index (κ1) is 15.8. The number of nitrogens with one attached hydrogen (secondary N) is 1. The minimum absolute atomic E-state index is 0.0275. The van der Waals surface area contributed by atoms with Gasteiger partial charge in [-0.2, -0.15) is 0 Å². The van der Waals surface area contributed by atoms with Gasteiger partial charge in [-0.05, 0) is 47.1 Å². The molecule has 108 valence electrons. The van der Waals surface area contributed by atoms with E-state index in [0.717, 1.165) is 19.2 Å². The fourth-order valence-corrected chi connectivity index (χ4v) is 3.63. The second-order valence-electron chi connectivity index (χ2n) is 4.32. The molecular weight excluding hydrogens is 365 g/mol. The molecule has 2 rings (SSSR count). The van der Waals surface area contributed by atoms with Crippen molar-refractivity contribution in [1.82, 2.24) is 5.32 Å². The van der Waals surface area contributed by atoms with Gasteiger partial charge in [-0.1, -0.05) is 11.6 Å². The summed E-state index contributed by atoms with van der Waals surface area (Å²) in [5.74, 6) is 0.410. The van der Waals surface area contributed by atoms with Gasteiger partial charge in [0.2, 0.25) is 0 Å². The van der Waals surface area contributed by atoms with Gasteiger partial charge in [0.1, 0.15) is 15.9 Å². The van der Waals surface area contributed by atoms with E-state index in [9.17, 15) is 4.39 Å². The molecule has 20 heavy (non-hydrogen) atoms. The van der Waals surface area contributed by atoms with Gasteiger partial charge in [0.05, 0.1) is 7.11 Å². The quantitative estimate of drug-likeness (QED) is 0.775. The van der Waals surface area contributed by atoms with Crippen molar-refractivity contribution in [3.05, 3.63) is 49.3 Å². The topological polar surface area (TPSA) is 21.3 Å². The Hall–Kier alpha value is -0.620. The van der Waals surface area contributed by atoms with E-state index in [4.69, 9.17) is 16.3 Å². The molecule has 2 aromatic rings. The summed E-state index contributed by atoms with van der Waals surface area (Å²) in [6.07, 6.45) is 0. The van der Waals surface area contributed by atoms with Crippen LogP contribution >= 0.6 is 38.9 Å². The lowest BCUT2D eigenvalue weighted by Gasteiger charge is -2.17. The fraction of sp³-hybridized carbons (Fsp3) is 0.286. The molecule has 1 aromatic carbocycles. The summed E-state index contributed by atoms with van der Waals surface area (Å²) >= 11 is 10.9. The summed E-state index contributed by atoms with van der Waals surface area (Å²) in [7, 11) is 1.58. The molecular formula is C14H14BrClFNOS. The maximum absolute atomic E-state index is 13.4. The SMILES string of the molecule is COc1ccc(F)cc1C(C)NCc1cc(Br)c(Cl)s1. The summed E-state index contributed by atoms with van der Waals surface area (Å²) in [5, 5.41) is 3.34. The highest BCUT2D eigenvalue weighted by atomic mass is 79.9. The molecule has 6 heteroatoms. The molecule has 0 spiro atoms. The Labute approximate surface area is 135 Å². The monoisotopic (exact) mass is 377 g/mol. The van der Waals surface area contributed by atoms with Gasteiger partial charge in [-0.15, -0.1) is 11.3 Å². The normalized spacial score (nSPS) is 12.4. The summed E-state index contributed by atoms with van der Waals surface area (Å²) in [5.41, 5.74) is 0.800. The lowest BCUT2D eigenvalue weighted by atomic mass is 10.1. The molecule has 0 saturated heterocycles. The summed E-state index contributed by atoms with van der Waals surface area (Å²) < 4.78 is 20.3. The largest absolute Gasteiger partial charge is 0.496 e. The minimum atomic E-state index is -0.267. The Balaban J connectivity index is 2.08. The first-order valence-electron chi connectivity index (χ1n) is 6.01. The van der Waals surface area contributed by atoms with E-state index in [2.05, 4.69) is 21.2 Å².